The van der Waals surface area contributed by atoms with E-state index in [0.29, 0.717) is 0 Å². The number of benzene rings is 5. The number of ether oxygens (including phenoxy) is 1. The largest absolute Gasteiger partial charge is 0.456 e. The average Bonchev–Trinajstić information content (AvgIpc) is 3.19. The van der Waals surface area contributed by atoms with Crippen LogP contribution in [0.25, 0.3) is 43.8 Å². The SMILES string of the molecule is c1ccc2c(c1)Oc1cccc3c(Nc4ccc5oc6ccccc6c5c4)ccc-2c13. The topological polar surface area (TPSA) is 34.4 Å². The first kappa shape index (κ1) is 16.5. The third-order valence-electron chi connectivity index (χ3n) is 6.06. The monoisotopic (exact) mass is 399 g/mol. The minimum Gasteiger partial charge on any atom is -0.456 e. The van der Waals surface area contributed by atoms with E-state index in [0.717, 1.165) is 61.1 Å². The molecule has 0 unspecified atom stereocenters. The molecule has 3 nitrogen and oxygen atoms in total. The minimum absolute atomic E-state index is 0.895. The van der Waals surface area contributed by atoms with Crippen LogP contribution in [0.1, 0.15) is 0 Å². The number of rotatable bonds is 2. The number of furan rings is 1. The molecule has 0 saturated heterocycles. The van der Waals surface area contributed by atoms with Crippen molar-refractivity contribution in [1.82, 2.24) is 0 Å². The first-order chi connectivity index (χ1) is 15.3. The quantitative estimate of drug-likeness (QED) is 0.318. The van der Waals surface area contributed by atoms with E-state index in [1.54, 1.807) is 0 Å². The summed E-state index contributed by atoms with van der Waals surface area (Å²) >= 11 is 0. The highest BCUT2D eigenvalue weighted by atomic mass is 16.5. The van der Waals surface area contributed by atoms with Gasteiger partial charge in [0, 0.05) is 38.5 Å². The second kappa shape index (κ2) is 6.13. The molecule has 146 valence electrons. The fourth-order valence-electron chi connectivity index (χ4n) is 4.65. The summed E-state index contributed by atoms with van der Waals surface area (Å²) in [5.74, 6) is 1.80. The number of hydrogen-bond donors (Lipinski definition) is 1. The van der Waals surface area contributed by atoms with Gasteiger partial charge in [-0.15, -0.1) is 0 Å². The van der Waals surface area contributed by atoms with Crippen LogP contribution < -0.4 is 10.1 Å². The first-order valence-corrected chi connectivity index (χ1v) is 10.4. The highest BCUT2D eigenvalue weighted by Gasteiger charge is 2.20. The van der Waals surface area contributed by atoms with Crippen LogP contribution in [0.5, 0.6) is 11.5 Å². The van der Waals surface area contributed by atoms with Crippen molar-refractivity contribution in [1.29, 1.82) is 0 Å². The zero-order valence-corrected chi connectivity index (χ0v) is 16.6. The maximum absolute atomic E-state index is 6.21. The molecule has 0 bridgehead atoms. The van der Waals surface area contributed by atoms with Gasteiger partial charge in [-0.3, -0.25) is 0 Å². The lowest BCUT2D eigenvalue weighted by atomic mass is 9.94. The van der Waals surface area contributed by atoms with Gasteiger partial charge in [0.05, 0.1) is 0 Å². The summed E-state index contributed by atoms with van der Waals surface area (Å²) in [5, 5.41) is 8.14. The second-order valence-corrected chi connectivity index (χ2v) is 7.87. The van der Waals surface area contributed by atoms with E-state index in [-0.39, 0.29) is 0 Å². The standard InChI is InChI=1S/C28H17NO2/c1-3-9-24-18(6-1)20-13-14-23(21-8-5-11-27(31-24)28(20)21)29-17-12-15-26-22(16-17)19-7-2-4-10-25(19)30-26/h1-16,29H. The molecule has 0 aliphatic carbocycles. The highest BCUT2D eigenvalue weighted by molar-refractivity contribution is 6.10. The lowest BCUT2D eigenvalue weighted by Crippen LogP contribution is -1.99. The Labute approximate surface area is 178 Å². The van der Waals surface area contributed by atoms with Gasteiger partial charge in [-0.2, -0.15) is 0 Å². The fourth-order valence-corrected chi connectivity index (χ4v) is 4.65. The Balaban J connectivity index is 1.39. The van der Waals surface area contributed by atoms with E-state index in [9.17, 15) is 0 Å². The third kappa shape index (κ3) is 2.41. The molecule has 3 heteroatoms. The summed E-state index contributed by atoms with van der Waals surface area (Å²) < 4.78 is 12.2. The highest BCUT2D eigenvalue weighted by Crippen LogP contribution is 2.48. The molecule has 1 aliphatic heterocycles. The van der Waals surface area contributed by atoms with E-state index in [1.165, 1.54) is 5.56 Å². The maximum atomic E-state index is 6.21. The molecule has 0 spiro atoms. The van der Waals surface area contributed by atoms with Crippen LogP contribution in [0.4, 0.5) is 11.4 Å². The second-order valence-electron chi connectivity index (χ2n) is 7.87. The van der Waals surface area contributed by atoms with Gasteiger partial charge >= 0.3 is 0 Å². The third-order valence-corrected chi connectivity index (χ3v) is 6.06. The Bertz CT molecular complexity index is 1640. The van der Waals surface area contributed by atoms with Gasteiger partial charge in [0.1, 0.15) is 22.7 Å². The van der Waals surface area contributed by atoms with Crippen molar-refractivity contribution in [2.45, 2.75) is 0 Å². The van der Waals surface area contributed by atoms with E-state index in [1.807, 2.05) is 48.5 Å². The van der Waals surface area contributed by atoms with E-state index in [4.69, 9.17) is 9.15 Å². The summed E-state index contributed by atoms with van der Waals surface area (Å²) in [6, 6.07) is 33.2. The smallest absolute Gasteiger partial charge is 0.135 e. The molecule has 0 saturated carbocycles. The Morgan fingerprint density at radius 2 is 1.35 bits per heavy atom. The van der Waals surface area contributed by atoms with Crippen LogP contribution in [0.15, 0.2) is 101 Å². The van der Waals surface area contributed by atoms with Crippen LogP contribution in [0, 0.1) is 0 Å². The van der Waals surface area contributed by atoms with E-state index >= 15 is 0 Å². The van der Waals surface area contributed by atoms with Gasteiger partial charge in [0.25, 0.3) is 0 Å². The maximum Gasteiger partial charge on any atom is 0.135 e. The average molecular weight is 399 g/mol. The first-order valence-electron chi connectivity index (χ1n) is 10.4. The van der Waals surface area contributed by atoms with Gasteiger partial charge in [-0.05, 0) is 48.0 Å². The summed E-state index contributed by atoms with van der Waals surface area (Å²) in [5.41, 5.74) is 6.21. The fraction of sp³-hybridized carbons (Fsp3) is 0. The molecule has 1 N–H and O–H groups in total. The predicted molar refractivity (Wildman–Crippen MR) is 126 cm³/mol. The number of hydrogen-bond acceptors (Lipinski definition) is 3. The van der Waals surface area contributed by atoms with Gasteiger partial charge in [0.2, 0.25) is 0 Å². The zero-order valence-electron chi connectivity index (χ0n) is 16.6. The molecular formula is C28H17NO2. The predicted octanol–water partition coefficient (Wildman–Crippen LogP) is 8.26. The lowest BCUT2D eigenvalue weighted by Gasteiger charge is -2.22. The van der Waals surface area contributed by atoms with Crippen LogP contribution in [-0.2, 0) is 0 Å². The van der Waals surface area contributed by atoms with Crippen LogP contribution in [-0.4, -0.2) is 0 Å². The molecule has 0 radical (unpaired) electrons. The molecule has 0 fully saturated rings. The molecule has 0 atom stereocenters. The van der Waals surface area contributed by atoms with E-state index in [2.05, 4.69) is 53.8 Å². The molecule has 2 heterocycles. The Hall–Kier alpha value is -4.24. The van der Waals surface area contributed by atoms with Crippen molar-refractivity contribution in [3.05, 3.63) is 97.1 Å². The van der Waals surface area contributed by atoms with Gasteiger partial charge in [-0.25, -0.2) is 0 Å². The number of nitrogens with one attached hydrogen (secondary N) is 1. The van der Waals surface area contributed by atoms with Crippen LogP contribution in [0.3, 0.4) is 0 Å². The van der Waals surface area contributed by atoms with Crippen molar-refractivity contribution >= 4 is 44.1 Å². The number of para-hydroxylation sites is 2. The Morgan fingerprint density at radius 1 is 0.548 bits per heavy atom. The van der Waals surface area contributed by atoms with Crippen molar-refractivity contribution in [3.8, 4) is 22.6 Å². The van der Waals surface area contributed by atoms with Crippen LogP contribution in [0.2, 0.25) is 0 Å². The van der Waals surface area contributed by atoms with Gasteiger partial charge in [0.15, 0.2) is 0 Å². The molecule has 1 aromatic heterocycles. The normalized spacial score (nSPS) is 12.1. The summed E-state index contributed by atoms with van der Waals surface area (Å²) in [6.07, 6.45) is 0. The van der Waals surface area contributed by atoms with Gasteiger partial charge in [-0.1, -0.05) is 54.6 Å². The molecule has 7 rings (SSSR count). The molecule has 1 aliphatic rings. The minimum atomic E-state index is 0.895. The zero-order chi connectivity index (χ0) is 20.4. The number of anilines is 2. The van der Waals surface area contributed by atoms with Crippen molar-refractivity contribution < 1.29 is 9.15 Å². The van der Waals surface area contributed by atoms with Gasteiger partial charge < -0.3 is 14.5 Å². The summed E-state index contributed by atoms with van der Waals surface area (Å²) in [7, 11) is 0. The number of fused-ring (bicyclic) bond motifs is 5. The summed E-state index contributed by atoms with van der Waals surface area (Å²) in [6.45, 7) is 0. The van der Waals surface area contributed by atoms with Crippen molar-refractivity contribution in [2.24, 2.45) is 0 Å². The van der Waals surface area contributed by atoms with Crippen LogP contribution >= 0.6 is 0 Å². The lowest BCUT2D eigenvalue weighted by molar-refractivity contribution is 0.487. The molecule has 0 amide bonds. The van der Waals surface area contributed by atoms with Crippen molar-refractivity contribution in [2.75, 3.05) is 5.32 Å². The van der Waals surface area contributed by atoms with Crippen molar-refractivity contribution in [3.63, 3.8) is 0 Å². The molecule has 5 aromatic carbocycles. The Morgan fingerprint density at radius 3 is 2.35 bits per heavy atom. The summed E-state index contributed by atoms with van der Waals surface area (Å²) in [4.78, 5) is 0. The molecular weight excluding hydrogens is 382 g/mol. The Kier molecular flexibility index (Phi) is 3.27. The molecule has 6 aromatic rings. The van der Waals surface area contributed by atoms with E-state index < -0.39 is 0 Å². The molecule has 31 heavy (non-hydrogen) atoms.